The van der Waals surface area contributed by atoms with E-state index in [0.717, 1.165) is 15.4 Å². The Balaban J connectivity index is 1.58. The molecule has 0 saturated carbocycles. The van der Waals surface area contributed by atoms with Crippen LogP contribution in [0, 0.1) is 0 Å². The van der Waals surface area contributed by atoms with Gasteiger partial charge < -0.3 is 19.7 Å². The summed E-state index contributed by atoms with van der Waals surface area (Å²) in [4.78, 5) is 30.0. The molecule has 4 aromatic rings. The van der Waals surface area contributed by atoms with Gasteiger partial charge in [0, 0.05) is 30.1 Å². The van der Waals surface area contributed by atoms with Crippen molar-refractivity contribution in [1.29, 1.82) is 0 Å². The molecule has 2 atom stereocenters. The van der Waals surface area contributed by atoms with Gasteiger partial charge in [0.15, 0.2) is 11.5 Å². The number of nitrogens with one attached hydrogen (secondary N) is 1. The molecule has 1 aliphatic heterocycles. The zero-order valence-corrected chi connectivity index (χ0v) is 27.9. The number of fused-ring (bicyclic) bond motifs is 1. The van der Waals surface area contributed by atoms with Crippen molar-refractivity contribution in [3.05, 3.63) is 119 Å². The van der Waals surface area contributed by atoms with Gasteiger partial charge in [0.05, 0.1) is 10.6 Å². The Morgan fingerprint density at radius 3 is 2.15 bits per heavy atom. The first-order valence-electron chi connectivity index (χ1n) is 15.5. The van der Waals surface area contributed by atoms with Gasteiger partial charge in [-0.25, -0.2) is 8.42 Å². The smallest absolute Gasteiger partial charge is 0.264 e. The number of amides is 2. The Hall–Kier alpha value is -4.54. The third-order valence-corrected chi connectivity index (χ3v) is 10.0. The number of carbonyl (C=O) groups excluding carboxylic acids is 2. The molecule has 0 aliphatic carbocycles. The molecular weight excluding hydrogens is 638 g/mol. The standard InChI is InChI=1S/C36H38ClN3O6S/c1-3-26(2)38-36(42)32(22-27-10-6-4-7-11-27)39(24-28-14-16-29(37)17-15-28)35(41)25-40(47(43,44)31-12-8-5-9-13-31)30-18-19-33-34(23-30)46-21-20-45-33/h4-19,23,26,32H,3,20-22,24-25H2,1-2H3,(H,38,42)/t26-,32+/m1/s1. The highest BCUT2D eigenvalue weighted by atomic mass is 35.5. The van der Waals surface area contributed by atoms with Crippen LogP contribution in [0.5, 0.6) is 11.5 Å². The molecule has 1 aliphatic rings. The predicted octanol–water partition coefficient (Wildman–Crippen LogP) is 5.86. The van der Waals surface area contributed by atoms with E-state index in [-0.39, 0.29) is 35.5 Å². The number of halogens is 1. The number of benzene rings is 4. The third kappa shape index (κ3) is 8.44. The van der Waals surface area contributed by atoms with Crippen molar-refractivity contribution in [2.24, 2.45) is 0 Å². The van der Waals surface area contributed by atoms with Crippen LogP contribution in [0.2, 0.25) is 5.02 Å². The summed E-state index contributed by atoms with van der Waals surface area (Å²) in [5, 5.41) is 3.57. The maximum absolute atomic E-state index is 14.6. The quantitative estimate of drug-likeness (QED) is 0.190. The van der Waals surface area contributed by atoms with Gasteiger partial charge in [0.25, 0.3) is 10.0 Å². The number of hydrogen-bond donors (Lipinski definition) is 1. The molecule has 0 fully saturated rings. The molecule has 5 rings (SSSR count). The summed E-state index contributed by atoms with van der Waals surface area (Å²) in [6.07, 6.45) is 0.917. The van der Waals surface area contributed by atoms with Gasteiger partial charge in [0.1, 0.15) is 25.8 Å². The van der Waals surface area contributed by atoms with Gasteiger partial charge in [-0.2, -0.15) is 0 Å². The molecule has 11 heteroatoms. The van der Waals surface area contributed by atoms with E-state index in [2.05, 4.69) is 5.32 Å². The maximum atomic E-state index is 14.6. The lowest BCUT2D eigenvalue weighted by Crippen LogP contribution is -2.54. The van der Waals surface area contributed by atoms with Crippen LogP contribution < -0.4 is 19.1 Å². The van der Waals surface area contributed by atoms with Crippen LogP contribution >= 0.6 is 11.6 Å². The lowest BCUT2D eigenvalue weighted by Gasteiger charge is -2.34. The van der Waals surface area contributed by atoms with Crippen molar-refractivity contribution in [3.63, 3.8) is 0 Å². The maximum Gasteiger partial charge on any atom is 0.264 e. The van der Waals surface area contributed by atoms with Crippen molar-refractivity contribution in [2.45, 2.75) is 50.2 Å². The van der Waals surface area contributed by atoms with Crippen molar-refractivity contribution < 1.29 is 27.5 Å². The fourth-order valence-corrected chi connectivity index (χ4v) is 6.77. The van der Waals surface area contributed by atoms with Crippen molar-refractivity contribution >= 4 is 39.1 Å². The van der Waals surface area contributed by atoms with Crippen LogP contribution in [-0.2, 0) is 32.6 Å². The first-order valence-corrected chi connectivity index (χ1v) is 17.3. The van der Waals surface area contributed by atoms with E-state index >= 15 is 0 Å². The minimum Gasteiger partial charge on any atom is -0.486 e. The van der Waals surface area contributed by atoms with E-state index < -0.39 is 28.5 Å². The van der Waals surface area contributed by atoms with Crippen LogP contribution in [0.3, 0.4) is 0 Å². The second kappa shape index (κ2) is 15.4. The lowest BCUT2D eigenvalue weighted by atomic mass is 10.0. The molecule has 0 aromatic heterocycles. The third-order valence-electron chi connectivity index (χ3n) is 7.96. The summed E-state index contributed by atoms with van der Waals surface area (Å²) in [5.41, 5.74) is 1.81. The first kappa shape index (κ1) is 33.8. The van der Waals surface area contributed by atoms with Crippen LogP contribution in [0.25, 0.3) is 0 Å². The van der Waals surface area contributed by atoms with E-state index in [0.29, 0.717) is 36.2 Å². The molecule has 2 amide bonds. The van der Waals surface area contributed by atoms with Gasteiger partial charge >= 0.3 is 0 Å². The second-order valence-corrected chi connectivity index (χ2v) is 13.6. The Morgan fingerprint density at radius 2 is 1.49 bits per heavy atom. The SMILES string of the molecule is CC[C@@H](C)NC(=O)[C@H](Cc1ccccc1)N(Cc1ccc(Cl)cc1)C(=O)CN(c1ccc2c(c1)OCCO2)S(=O)(=O)c1ccccc1. The van der Waals surface area contributed by atoms with E-state index in [1.807, 2.05) is 44.2 Å². The van der Waals surface area contributed by atoms with E-state index in [9.17, 15) is 18.0 Å². The summed E-state index contributed by atoms with van der Waals surface area (Å²) >= 11 is 6.16. The summed E-state index contributed by atoms with van der Waals surface area (Å²) in [6, 6.07) is 28.0. The molecule has 1 N–H and O–H groups in total. The van der Waals surface area contributed by atoms with Gasteiger partial charge in [-0.05, 0) is 60.9 Å². The number of sulfonamides is 1. The average molecular weight is 676 g/mol. The van der Waals surface area contributed by atoms with Crippen LogP contribution in [-0.4, -0.2) is 57.0 Å². The predicted molar refractivity (Wildman–Crippen MR) is 182 cm³/mol. The highest BCUT2D eigenvalue weighted by Crippen LogP contribution is 2.36. The molecule has 47 heavy (non-hydrogen) atoms. The molecule has 9 nitrogen and oxygen atoms in total. The Bertz CT molecular complexity index is 1770. The number of ether oxygens (including phenoxy) is 2. The van der Waals surface area contributed by atoms with Crippen molar-refractivity contribution in [1.82, 2.24) is 10.2 Å². The largest absolute Gasteiger partial charge is 0.486 e. The van der Waals surface area contributed by atoms with E-state index in [4.69, 9.17) is 21.1 Å². The number of rotatable bonds is 13. The molecule has 0 radical (unpaired) electrons. The highest BCUT2D eigenvalue weighted by Gasteiger charge is 2.35. The summed E-state index contributed by atoms with van der Waals surface area (Å²) in [7, 11) is -4.24. The summed E-state index contributed by atoms with van der Waals surface area (Å²) in [6.45, 7) is 4.01. The van der Waals surface area contributed by atoms with Crippen LogP contribution in [0.1, 0.15) is 31.4 Å². The molecule has 0 saturated heterocycles. The normalized spacial score (nSPS) is 13.7. The average Bonchev–Trinajstić information content (AvgIpc) is 3.09. The first-order chi connectivity index (χ1) is 22.7. The molecule has 0 unspecified atom stereocenters. The monoisotopic (exact) mass is 675 g/mol. The zero-order valence-electron chi connectivity index (χ0n) is 26.3. The Kier molecular flexibility index (Phi) is 11.1. The molecular formula is C36H38ClN3O6S. The minimum absolute atomic E-state index is 0.0160. The number of anilines is 1. The van der Waals surface area contributed by atoms with Gasteiger partial charge in [-0.1, -0.05) is 79.2 Å². The molecule has 1 heterocycles. The van der Waals surface area contributed by atoms with Crippen molar-refractivity contribution in [2.75, 3.05) is 24.1 Å². The van der Waals surface area contributed by atoms with E-state index in [1.54, 1.807) is 60.7 Å². The van der Waals surface area contributed by atoms with Crippen LogP contribution in [0.4, 0.5) is 5.69 Å². The fraction of sp³-hybridized carbons (Fsp3) is 0.278. The minimum atomic E-state index is -4.24. The van der Waals surface area contributed by atoms with Crippen molar-refractivity contribution in [3.8, 4) is 11.5 Å². The number of carbonyl (C=O) groups is 2. The topological polar surface area (TPSA) is 105 Å². The van der Waals surface area contributed by atoms with Gasteiger partial charge in [0.2, 0.25) is 11.8 Å². The summed E-state index contributed by atoms with van der Waals surface area (Å²) in [5.74, 6) is -0.0309. The van der Waals surface area contributed by atoms with E-state index in [1.165, 1.54) is 17.0 Å². The molecule has 0 spiro atoms. The summed E-state index contributed by atoms with van der Waals surface area (Å²) < 4.78 is 40.9. The Morgan fingerprint density at radius 1 is 0.851 bits per heavy atom. The zero-order chi connectivity index (χ0) is 33.4. The Labute approximate surface area is 281 Å². The van der Waals surface area contributed by atoms with Gasteiger partial charge in [-0.15, -0.1) is 0 Å². The molecule has 0 bridgehead atoms. The van der Waals surface area contributed by atoms with Crippen LogP contribution in [0.15, 0.2) is 108 Å². The number of nitrogens with zero attached hydrogens (tertiary/aromatic N) is 2. The lowest BCUT2D eigenvalue weighted by molar-refractivity contribution is -0.140. The number of hydrogen-bond acceptors (Lipinski definition) is 6. The highest BCUT2D eigenvalue weighted by molar-refractivity contribution is 7.92. The molecule has 246 valence electrons. The molecule has 4 aromatic carbocycles. The second-order valence-electron chi connectivity index (χ2n) is 11.3. The fourth-order valence-electron chi connectivity index (χ4n) is 5.22. The van der Waals surface area contributed by atoms with Gasteiger partial charge in [-0.3, -0.25) is 13.9 Å².